The van der Waals surface area contributed by atoms with E-state index in [1.54, 1.807) is 16.9 Å². The summed E-state index contributed by atoms with van der Waals surface area (Å²) in [6.07, 6.45) is 1.71. The Balaban J connectivity index is 2.24. The fraction of sp³-hybridized carbons (Fsp3) is 0. The molecule has 6 heteroatoms. The highest BCUT2D eigenvalue weighted by atomic mass is 16.6. The Kier molecular flexibility index (Phi) is 2.42. The monoisotopic (exact) mass is 254 g/mol. The lowest BCUT2D eigenvalue weighted by molar-refractivity contribution is -0.384. The van der Waals surface area contributed by atoms with E-state index in [4.69, 9.17) is 5.73 Å². The molecule has 2 aromatic carbocycles. The van der Waals surface area contributed by atoms with E-state index in [9.17, 15) is 10.1 Å². The van der Waals surface area contributed by atoms with Crippen molar-refractivity contribution in [3.05, 3.63) is 58.8 Å². The SMILES string of the molecule is Nc1cc(-n2ncc3ccccc32)cc([N+](=O)[O-])c1. The summed E-state index contributed by atoms with van der Waals surface area (Å²) < 4.78 is 1.64. The van der Waals surface area contributed by atoms with E-state index in [2.05, 4.69) is 5.10 Å². The first-order valence-corrected chi connectivity index (χ1v) is 5.63. The molecule has 6 nitrogen and oxygen atoms in total. The van der Waals surface area contributed by atoms with Crippen molar-refractivity contribution in [2.45, 2.75) is 0 Å². The predicted octanol–water partition coefficient (Wildman–Crippen LogP) is 2.52. The van der Waals surface area contributed by atoms with Crippen LogP contribution in [0.1, 0.15) is 0 Å². The Morgan fingerprint density at radius 1 is 1.21 bits per heavy atom. The van der Waals surface area contributed by atoms with Gasteiger partial charge in [-0.1, -0.05) is 18.2 Å². The quantitative estimate of drug-likeness (QED) is 0.432. The lowest BCUT2D eigenvalue weighted by Crippen LogP contribution is -1.99. The number of rotatable bonds is 2. The average molecular weight is 254 g/mol. The van der Waals surface area contributed by atoms with Crippen LogP contribution in [0.15, 0.2) is 48.7 Å². The maximum absolute atomic E-state index is 10.9. The second kappa shape index (κ2) is 4.09. The van der Waals surface area contributed by atoms with Crippen LogP contribution in [0.3, 0.4) is 0 Å². The van der Waals surface area contributed by atoms with Crippen LogP contribution in [0.5, 0.6) is 0 Å². The van der Waals surface area contributed by atoms with E-state index in [0.717, 1.165) is 10.9 Å². The zero-order valence-corrected chi connectivity index (χ0v) is 9.85. The number of nitrogens with two attached hydrogens (primary N) is 1. The van der Waals surface area contributed by atoms with E-state index in [0.29, 0.717) is 11.4 Å². The third-order valence-corrected chi connectivity index (χ3v) is 2.86. The second-order valence-electron chi connectivity index (χ2n) is 4.16. The standard InChI is InChI=1S/C13H10N4O2/c14-10-5-11(7-12(6-10)17(18)19)16-13-4-2-1-3-9(13)8-15-16/h1-8H,14H2. The van der Waals surface area contributed by atoms with Gasteiger partial charge in [0.15, 0.2) is 0 Å². The van der Waals surface area contributed by atoms with Crippen LogP contribution >= 0.6 is 0 Å². The minimum absolute atomic E-state index is 0.0467. The number of nitrogens with zero attached hydrogens (tertiary/aromatic N) is 3. The molecule has 0 bridgehead atoms. The number of hydrogen-bond acceptors (Lipinski definition) is 4. The normalized spacial score (nSPS) is 10.7. The van der Waals surface area contributed by atoms with Gasteiger partial charge in [0.2, 0.25) is 0 Å². The van der Waals surface area contributed by atoms with Crippen molar-refractivity contribution >= 4 is 22.3 Å². The minimum Gasteiger partial charge on any atom is -0.398 e. The van der Waals surface area contributed by atoms with Crippen molar-refractivity contribution in [1.82, 2.24) is 9.78 Å². The maximum Gasteiger partial charge on any atom is 0.273 e. The smallest absolute Gasteiger partial charge is 0.273 e. The highest BCUT2D eigenvalue weighted by molar-refractivity contribution is 5.80. The minimum atomic E-state index is -0.467. The van der Waals surface area contributed by atoms with E-state index < -0.39 is 4.92 Å². The van der Waals surface area contributed by atoms with Gasteiger partial charge in [-0.3, -0.25) is 10.1 Å². The third kappa shape index (κ3) is 1.89. The Labute approximate surface area is 108 Å². The molecule has 0 aliphatic heterocycles. The average Bonchev–Trinajstić information content (AvgIpc) is 2.81. The summed E-state index contributed by atoms with van der Waals surface area (Å²) in [5, 5.41) is 16.1. The summed E-state index contributed by atoms with van der Waals surface area (Å²) in [4.78, 5) is 10.4. The van der Waals surface area contributed by atoms with Crippen LogP contribution in [0.2, 0.25) is 0 Å². The largest absolute Gasteiger partial charge is 0.398 e. The van der Waals surface area contributed by atoms with E-state index >= 15 is 0 Å². The number of para-hydroxylation sites is 1. The number of nitro benzene ring substituents is 1. The Hall–Kier alpha value is -2.89. The first-order chi connectivity index (χ1) is 9.15. The van der Waals surface area contributed by atoms with Crippen LogP contribution in [-0.2, 0) is 0 Å². The molecule has 19 heavy (non-hydrogen) atoms. The number of hydrogen-bond donors (Lipinski definition) is 1. The molecule has 94 valence electrons. The first-order valence-electron chi connectivity index (χ1n) is 5.63. The molecule has 0 aliphatic carbocycles. The Morgan fingerprint density at radius 3 is 2.79 bits per heavy atom. The van der Waals surface area contributed by atoms with Crippen LogP contribution in [0.25, 0.3) is 16.6 Å². The molecule has 1 aromatic heterocycles. The molecule has 0 unspecified atom stereocenters. The van der Waals surface area contributed by atoms with Gasteiger partial charge in [-0.15, -0.1) is 0 Å². The summed E-state index contributed by atoms with van der Waals surface area (Å²) >= 11 is 0. The highest BCUT2D eigenvalue weighted by Gasteiger charge is 2.11. The summed E-state index contributed by atoms with van der Waals surface area (Å²) in [5.74, 6) is 0. The molecule has 0 amide bonds. The number of non-ortho nitro benzene ring substituents is 1. The molecule has 1 heterocycles. The van der Waals surface area contributed by atoms with Gasteiger partial charge in [-0.2, -0.15) is 5.10 Å². The fourth-order valence-corrected chi connectivity index (χ4v) is 2.02. The highest BCUT2D eigenvalue weighted by Crippen LogP contribution is 2.24. The van der Waals surface area contributed by atoms with Crippen molar-refractivity contribution in [1.29, 1.82) is 0 Å². The maximum atomic E-state index is 10.9. The second-order valence-corrected chi connectivity index (χ2v) is 4.16. The summed E-state index contributed by atoms with van der Waals surface area (Å²) in [6, 6.07) is 12.1. The van der Waals surface area contributed by atoms with Gasteiger partial charge < -0.3 is 5.73 Å². The lowest BCUT2D eigenvalue weighted by Gasteiger charge is -2.05. The topological polar surface area (TPSA) is 87.0 Å². The molecule has 0 atom stereocenters. The molecular weight excluding hydrogens is 244 g/mol. The van der Waals surface area contributed by atoms with Gasteiger partial charge in [0.1, 0.15) is 0 Å². The number of fused-ring (bicyclic) bond motifs is 1. The Morgan fingerprint density at radius 2 is 2.00 bits per heavy atom. The van der Waals surface area contributed by atoms with Crippen LogP contribution in [0, 0.1) is 10.1 Å². The van der Waals surface area contributed by atoms with Gasteiger partial charge in [0.05, 0.1) is 22.3 Å². The van der Waals surface area contributed by atoms with E-state index in [1.165, 1.54) is 12.1 Å². The summed E-state index contributed by atoms with van der Waals surface area (Å²) in [5.41, 5.74) is 7.45. The molecule has 3 rings (SSSR count). The molecule has 0 spiro atoms. The van der Waals surface area contributed by atoms with Crippen molar-refractivity contribution in [2.75, 3.05) is 5.73 Å². The number of benzene rings is 2. The summed E-state index contributed by atoms with van der Waals surface area (Å²) in [6.45, 7) is 0. The molecule has 2 N–H and O–H groups in total. The van der Waals surface area contributed by atoms with Gasteiger partial charge in [0.25, 0.3) is 5.69 Å². The molecule has 0 aliphatic rings. The zero-order valence-electron chi connectivity index (χ0n) is 9.85. The lowest BCUT2D eigenvalue weighted by atomic mass is 10.2. The number of anilines is 1. The summed E-state index contributed by atoms with van der Waals surface area (Å²) in [7, 11) is 0. The van der Waals surface area contributed by atoms with E-state index in [-0.39, 0.29) is 5.69 Å². The van der Waals surface area contributed by atoms with E-state index in [1.807, 2.05) is 24.3 Å². The first kappa shape index (κ1) is 11.2. The van der Waals surface area contributed by atoms with Crippen molar-refractivity contribution < 1.29 is 4.92 Å². The van der Waals surface area contributed by atoms with Crippen molar-refractivity contribution in [3.8, 4) is 5.69 Å². The van der Waals surface area contributed by atoms with Crippen LogP contribution in [0.4, 0.5) is 11.4 Å². The number of nitro groups is 1. The van der Waals surface area contributed by atoms with Crippen LogP contribution < -0.4 is 5.73 Å². The molecule has 0 fully saturated rings. The van der Waals surface area contributed by atoms with Gasteiger partial charge >= 0.3 is 0 Å². The van der Waals surface area contributed by atoms with Crippen LogP contribution in [-0.4, -0.2) is 14.7 Å². The Bertz CT molecular complexity index is 779. The molecule has 3 aromatic rings. The predicted molar refractivity (Wildman–Crippen MR) is 72.1 cm³/mol. The van der Waals surface area contributed by atoms with Gasteiger partial charge in [-0.25, -0.2) is 4.68 Å². The van der Waals surface area contributed by atoms with Crippen molar-refractivity contribution in [3.63, 3.8) is 0 Å². The molecule has 0 radical (unpaired) electrons. The molecule has 0 saturated heterocycles. The number of aromatic nitrogens is 2. The van der Waals surface area contributed by atoms with Gasteiger partial charge in [-0.05, 0) is 12.1 Å². The van der Waals surface area contributed by atoms with Crippen molar-refractivity contribution in [2.24, 2.45) is 0 Å². The molecular formula is C13H10N4O2. The van der Waals surface area contributed by atoms with Gasteiger partial charge in [0, 0.05) is 23.2 Å². The fourth-order valence-electron chi connectivity index (χ4n) is 2.02. The zero-order chi connectivity index (χ0) is 13.4. The molecule has 0 saturated carbocycles. The third-order valence-electron chi connectivity index (χ3n) is 2.86. The number of nitrogen functional groups attached to an aromatic ring is 1.